The van der Waals surface area contributed by atoms with E-state index in [-0.39, 0.29) is 6.04 Å². The van der Waals surface area contributed by atoms with E-state index in [9.17, 15) is 13.2 Å². The largest absolute Gasteiger partial charge is 0.401 e. The number of halogens is 3. The number of guanidine groups is 1. The van der Waals surface area contributed by atoms with Crippen molar-refractivity contribution >= 4 is 17.3 Å². The molecule has 1 fully saturated rings. The average molecular weight is 363 g/mol. The van der Waals surface area contributed by atoms with Gasteiger partial charge in [-0.3, -0.25) is 4.90 Å². The molecule has 0 amide bonds. The number of thiazole rings is 1. The van der Waals surface area contributed by atoms with E-state index in [1.165, 1.54) is 9.78 Å². The molecule has 136 valence electrons. The molecule has 2 heterocycles. The highest BCUT2D eigenvalue weighted by Crippen LogP contribution is 2.20. The summed E-state index contributed by atoms with van der Waals surface area (Å²) in [4.78, 5) is 11.5. The van der Waals surface area contributed by atoms with Gasteiger partial charge in [-0.15, -0.1) is 11.3 Å². The fourth-order valence-corrected chi connectivity index (χ4v) is 3.38. The van der Waals surface area contributed by atoms with Crippen LogP contribution in [0.4, 0.5) is 13.2 Å². The van der Waals surface area contributed by atoms with Crippen molar-refractivity contribution in [2.75, 3.05) is 26.2 Å². The first kappa shape index (κ1) is 19.0. The number of aliphatic imine (C=N–C) groups is 1. The summed E-state index contributed by atoms with van der Waals surface area (Å²) in [5, 5.41) is 7.31. The van der Waals surface area contributed by atoms with Crippen LogP contribution in [0.3, 0.4) is 0 Å². The molecule has 1 aliphatic rings. The molecule has 0 aromatic carbocycles. The Labute approximate surface area is 144 Å². The molecule has 9 heteroatoms. The van der Waals surface area contributed by atoms with Crippen LogP contribution in [0.5, 0.6) is 0 Å². The Hall–Kier alpha value is -1.35. The third-order valence-corrected chi connectivity index (χ3v) is 4.81. The van der Waals surface area contributed by atoms with Gasteiger partial charge in [-0.25, -0.2) is 9.98 Å². The quantitative estimate of drug-likeness (QED) is 0.602. The fourth-order valence-electron chi connectivity index (χ4n) is 2.59. The van der Waals surface area contributed by atoms with Gasteiger partial charge in [0.15, 0.2) is 5.96 Å². The van der Waals surface area contributed by atoms with E-state index in [1.54, 1.807) is 11.3 Å². The van der Waals surface area contributed by atoms with Gasteiger partial charge in [0.05, 0.1) is 13.1 Å². The Bertz CT molecular complexity index is 543. The monoisotopic (exact) mass is 363 g/mol. The number of hydrogen-bond donors (Lipinski definition) is 2. The summed E-state index contributed by atoms with van der Waals surface area (Å²) in [6.45, 7) is 5.18. The van der Waals surface area contributed by atoms with Crippen LogP contribution in [0.25, 0.3) is 0 Å². The number of aromatic nitrogens is 1. The van der Waals surface area contributed by atoms with E-state index < -0.39 is 12.7 Å². The van der Waals surface area contributed by atoms with E-state index in [2.05, 4.69) is 27.5 Å². The zero-order valence-corrected chi connectivity index (χ0v) is 14.8. The van der Waals surface area contributed by atoms with Crippen LogP contribution in [0.2, 0.25) is 0 Å². The van der Waals surface area contributed by atoms with E-state index >= 15 is 0 Å². The van der Waals surface area contributed by atoms with Gasteiger partial charge in [0.25, 0.3) is 0 Å². The molecule has 1 saturated heterocycles. The Morgan fingerprint density at radius 3 is 2.88 bits per heavy atom. The van der Waals surface area contributed by atoms with E-state index in [0.29, 0.717) is 38.6 Å². The molecular weight excluding hydrogens is 339 g/mol. The van der Waals surface area contributed by atoms with E-state index in [0.717, 1.165) is 11.4 Å². The molecule has 1 aliphatic heterocycles. The fraction of sp³-hybridized carbons (Fsp3) is 0.733. The van der Waals surface area contributed by atoms with Crippen molar-refractivity contribution in [2.45, 2.75) is 45.5 Å². The molecule has 1 aromatic rings. The molecule has 0 radical (unpaired) electrons. The first-order valence-corrected chi connectivity index (χ1v) is 8.98. The lowest BCUT2D eigenvalue weighted by Gasteiger charge is -2.19. The zero-order chi connectivity index (χ0) is 17.6. The standard InChI is InChI=1S/C15H24F3N5S/c1-3-12-7-20-13(24-12)8-21-14(19-4-2)22-11-5-6-23(9-11)10-15(16,17)18/h7,11H,3-6,8-10H2,1-2H3,(H2,19,21,22). The molecule has 0 spiro atoms. The number of hydrogen-bond acceptors (Lipinski definition) is 4. The Morgan fingerprint density at radius 1 is 1.46 bits per heavy atom. The number of nitrogens with zero attached hydrogens (tertiary/aromatic N) is 3. The summed E-state index contributed by atoms with van der Waals surface area (Å²) in [5.41, 5.74) is 0. The maximum Gasteiger partial charge on any atom is 0.401 e. The van der Waals surface area contributed by atoms with Crippen molar-refractivity contribution in [2.24, 2.45) is 4.99 Å². The van der Waals surface area contributed by atoms with E-state index in [4.69, 9.17) is 0 Å². The maximum atomic E-state index is 12.5. The molecule has 1 aromatic heterocycles. The van der Waals surface area contributed by atoms with Crippen LogP contribution in [0.1, 0.15) is 30.2 Å². The molecule has 1 atom stereocenters. The Balaban J connectivity index is 1.87. The number of likely N-dealkylation sites (tertiary alicyclic amines) is 1. The van der Waals surface area contributed by atoms with Gasteiger partial charge in [0, 0.05) is 36.8 Å². The van der Waals surface area contributed by atoms with E-state index in [1.807, 2.05) is 13.1 Å². The molecule has 0 bridgehead atoms. The zero-order valence-electron chi connectivity index (χ0n) is 14.0. The maximum absolute atomic E-state index is 12.5. The predicted octanol–water partition coefficient (Wildman–Crippen LogP) is 2.40. The van der Waals surface area contributed by atoms with Crippen molar-refractivity contribution in [3.8, 4) is 0 Å². The molecule has 24 heavy (non-hydrogen) atoms. The second-order valence-electron chi connectivity index (χ2n) is 5.75. The summed E-state index contributed by atoms with van der Waals surface area (Å²) in [6.07, 6.45) is -0.647. The first-order valence-electron chi connectivity index (χ1n) is 8.17. The summed E-state index contributed by atoms with van der Waals surface area (Å²) in [6, 6.07) is -0.0207. The van der Waals surface area contributed by atoms with Crippen molar-refractivity contribution in [1.29, 1.82) is 0 Å². The minimum absolute atomic E-state index is 0.0207. The highest BCUT2D eigenvalue weighted by atomic mass is 32.1. The minimum Gasteiger partial charge on any atom is -0.357 e. The van der Waals surface area contributed by atoms with Gasteiger partial charge >= 0.3 is 6.18 Å². The molecule has 2 N–H and O–H groups in total. The number of alkyl halides is 3. The van der Waals surface area contributed by atoms with Crippen LogP contribution in [0, 0.1) is 0 Å². The number of rotatable bonds is 6. The van der Waals surface area contributed by atoms with Gasteiger partial charge in [-0.05, 0) is 19.8 Å². The van der Waals surface area contributed by atoms with Crippen LogP contribution in [0.15, 0.2) is 11.2 Å². The van der Waals surface area contributed by atoms with Crippen molar-refractivity contribution in [3.05, 3.63) is 16.1 Å². The van der Waals surface area contributed by atoms with Gasteiger partial charge in [0.1, 0.15) is 5.01 Å². The lowest BCUT2D eigenvalue weighted by molar-refractivity contribution is -0.143. The smallest absolute Gasteiger partial charge is 0.357 e. The second kappa shape index (κ2) is 8.66. The topological polar surface area (TPSA) is 52.6 Å². The Kier molecular flexibility index (Phi) is 6.85. The normalized spacial score (nSPS) is 19.7. The second-order valence-corrected chi connectivity index (χ2v) is 6.95. The van der Waals surface area contributed by atoms with Crippen molar-refractivity contribution in [3.63, 3.8) is 0 Å². The SMILES string of the molecule is CCNC(=NCc1ncc(CC)s1)NC1CCN(CC(F)(F)F)C1. The van der Waals surface area contributed by atoms with Crippen LogP contribution < -0.4 is 10.6 Å². The van der Waals surface area contributed by atoms with Gasteiger partial charge < -0.3 is 10.6 Å². The predicted molar refractivity (Wildman–Crippen MR) is 90.3 cm³/mol. The lowest BCUT2D eigenvalue weighted by atomic mass is 10.3. The van der Waals surface area contributed by atoms with Crippen LogP contribution in [-0.2, 0) is 13.0 Å². The molecular formula is C15H24F3N5S. The Morgan fingerprint density at radius 2 is 2.25 bits per heavy atom. The third-order valence-electron chi connectivity index (χ3n) is 3.68. The highest BCUT2D eigenvalue weighted by Gasteiger charge is 2.34. The summed E-state index contributed by atoms with van der Waals surface area (Å²) in [7, 11) is 0. The first-order chi connectivity index (χ1) is 11.4. The summed E-state index contributed by atoms with van der Waals surface area (Å²) >= 11 is 1.64. The molecule has 0 aliphatic carbocycles. The third kappa shape index (κ3) is 6.27. The summed E-state index contributed by atoms with van der Waals surface area (Å²) < 4.78 is 37.4. The van der Waals surface area contributed by atoms with Gasteiger partial charge in [-0.1, -0.05) is 6.92 Å². The van der Waals surface area contributed by atoms with Gasteiger partial charge in [0.2, 0.25) is 0 Å². The molecule has 2 rings (SSSR count). The van der Waals surface area contributed by atoms with Crippen LogP contribution >= 0.6 is 11.3 Å². The summed E-state index contributed by atoms with van der Waals surface area (Å²) in [5.74, 6) is 0.629. The molecule has 5 nitrogen and oxygen atoms in total. The number of nitrogens with one attached hydrogen (secondary N) is 2. The highest BCUT2D eigenvalue weighted by molar-refractivity contribution is 7.11. The molecule has 0 saturated carbocycles. The lowest BCUT2D eigenvalue weighted by Crippen LogP contribution is -2.45. The van der Waals surface area contributed by atoms with Gasteiger partial charge in [-0.2, -0.15) is 13.2 Å². The minimum atomic E-state index is -4.14. The molecule has 1 unspecified atom stereocenters. The van der Waals surface area contributed by atoms with Crippen molar-refractivity contribution < 1.29 is 13.2 Å². The van der Waals surface area contributed by atoms with Crippen molar-refractivity contribution in [1.82, 2.24) is 20.5 Å². The number of aryl methyl sites for hydroxylation is 1. The average Bonchev–Trinajstić information content (AvgIpc) is 3.12. The van der Waals surface area contributed by atoms with Crippen LogP contribution in [-0.4, -0.2) is 54.2 Å².